The Kier molecular flexibility index (Phi) is 5.31. The van der Waals surface area contributed by atoms with E-state index in [1.54, 1.807) is 36.4 Å². The van der Waals surface area contributed by atoms with E-state index < -0.39 is 0 Å². The standard InChI is InChI=1S/C21H16BrN5O5/c22-13-2-1-3-14(9-13)23-18(28)10-27-19(29)7-5-15(25-27)21-24-20(26-32-21)12-4-6-16-17(8-12)31-11-30-16/h1-4,6,8-9H,5,7,10-11H2,(H,23,28). The lowest BCUT2D eigenvalue weighted by molar-refractivity contribution is -0.135. The average Bonchev–Trinajstić information content (AvgIpc) is 3.44. The summed E-state index contributed by atoms with van der Waals surface area (Å²) in [5.41, 5.74) is 1.75. The molecule has 3 aromatic rings. The first kappa shape index (κ1) is 20.2. The lowest BCUT2D eigenvalue weighted by Gasteiger charge is -2.21. The van der Waals surface area contributed by atoms with Crippen LogP contribution < -0.4 is 14.8 Å². The van der Waals surface area contributed by atoms with Crippen LogP contribution in [0.5, 0.6) is 11.5 Å². The third-order valence-electron chi connectivity index (χ3n) is 4.81. The topological polar surface area (TPSA) is 119 Å². The third-order valence-corrected chi connectivity index (χ3v) is 5.30. The lowest BCUT2D eigenvalue weighted by Crippen LogP contribution is -2.38. The quantitative estimate of drug-likeness (QED) is 0.574. The summed E-state index contributed by atoms with van der Waals surface area (Å²) in [7, 11) is 0. The predicted octanol–water partition coefficient (Wildman–Crippen LogP) is 3.19. The fourth-order valence-electron chi connectivity index (χ4n) is 3.28. The molecule has 162 valence electrons. The summed E-state index contributed by atoms with van der Waals surface area (Å²) < 4.78 is 16.9. The molecule has 2 aromatic carbocycles. The molecular weight excluding hydrogens is 482 g/mol. The highest BCUT2D eigenvalue weighted by molar-refractivity contribution is 9.10. The number of hydrazone groups is 1. The normalized spacial score (nSPS) is 15.0. The number of nitrogens with one attached hydrogen (secondary N) is 1. The van der Waals surface area contributed by atoms with Crippen LogP contribution in [0, 0.1) is 0 Å². The van der Waals surface area contributed by atoms with Gasteiger partial charge >= 0.3 is 0 Å². The Hall–Kier alpha value is -3.73. The highest BCUT2D eigenvalue weighted by Gasteiger charge is 2.27. The minimum atomic E-state index is -0.368. The van der Waals surface area contributed by atoms with E-state index >= 15 is 0 Å². The molecule has 0 spiro atoms. The Labute approximate surface area is 190 Å². The van der Waals surface area contributed by atoms with Crippen LogP contribution in [-0.2, 0) is 9.59 Å². The first-order valence-electron chi connectivity index (χ1n) is 9.72. The van der Waals surface area contributed by atoms with Gasteiger partial charge < -0.3 is 19.3 Å². The van der Waals surface area contributed by atoms with E-state index in [1.165, 1.54) is 0 Å². The van der Waals surface area contributed by atoms with Gasteiger partial charge in [-0.05, 0) is 36.4 Å². The number of hydrogen-bond donors (Lipinski definition) is 1. The number of hydrogen-bond acceptors (Lipinski definition) is 8. The second kappa shape index (κ2) is 8.42. The number of carbonyl (C=O) groups is 2. The molecule has 1 N–H and O–H groups in total. The molecule has 0 saturated heterocycles. The van der Waals surface area contributed by atoms with Crippen LogP contribution in [0.15, 0.2) is 56.6 Å². The van der Waals surface area contributed by atoms with Gasteiger partial charge in [-0.15, -0.1) is 0 Å². The maximum atomic E-state index is 12.4. The van der Waals surface area contributed by atoms with Crippen molar-refractivity contribution in [1.82, 2.24) is 15.1 Å². The number of amides is 2. The maximum Gasteiger partial charge on any atom is 0.274 e. The Morgan fingerprint density at radius 3 is 2.88 bits per heavy atom. The van der Waals surface area contributed by atoms with Crippen LogP contribution in [0.3, 0.4) is 0 Å². The van der Waals surface area contributed by atoms with Crippen LogP contribution in [0.1, 0.15) is 18.7 Å². The van der Waals surface area contributed by atoms with Crippen molar-refractivity contribution in [2.45, 2.75) is 12.8 Å². The number of halogens is 1. The summed E-state index contributed by atoms with van der Waals surface area (Å²) in [5, 5.41) is 12.2. The molecule has 0 bridgehead atoms. The Morgan fingerprint density at radius 1 is 1.12 bits per heavy atom. The van der Waals surface area contributed by atoms with Crippen LogP contribution in [0.4, 0.5) is 5.69 Å². The highest BCUT2D eigenvalue weighted by Crippen LogP contribution is 2.35. The number of rotatable bonds is 5. The molecule has 11 heteroatoms. The number of nitrogens with zero attached hydrogens (tertiary/aromatic N) is 4. The molecule has 0 radical (unpaired) electrons. The largest absolute Gasteiger partial charge is 0.454 e. The summed E-state index contributed by atoms with van der Waals surface area (Å²) in [6.07, 6.45) is 0.524. The minimum Gasteiger partial charge on any atom is -0.454 e. The molecule has 0 saturated carbocycles. The number of ether oxygens (including phenoxy) is 2. The zero-order valence-corrected chi connectivity index (χ0v) is 18.2. The number of fused-ring (bicyclic) bond motifs is 1. The van der Waals surface area contributed by atoms with Gasteiger partial charge in [-0.25, -0.2) is 5.01 Å². The van der Waals surface area contributed by atoms with E-state index in [0.717, 1.165) is 9.48 Å². The Morgan fingerprint density at radius 2 is 2.00 bits per heavy atom. The minimum absolute atomic E-state index is 0.173. The second-order valence-corrected chi connectivity index (χ2v) is 7.96. The van der Waals surface area contributed by atoms with Crippen LogP contribution >= 0.6 is 15.9 Å². The molecule has 1 aromatic heterocycles. The summed E-state index contributed by atoms with van der Waals surface area (Å²) >= 11 is 3.35. The third kappa shape index (κ3) is 4.19. The molecule has 2 aliphatic rings. The smallest absolute Gasteiger partial charge is 0.274 e. The fraction of sp³-hybridized carbons (Fsp3) is 0.190. The first-order valence-corrected chi connectivity index (χ1v) is 10.5. The molecular formula is C21H16BrN5O5. The zero-order valence-electron chi connectivity index (χ0n) is 16.6. The van der Waals surface area contributed by atoms with Gasteiger partial charge in [0.2, 0.25) is 24.4 Å². The van der Waals surface area contributed by atoms with E-state index in [1.807, 2.05) is 6.07 Å². The van der Waals surface area contributed by atoms with Gasteiger partial charge in [-0.1, -0.05) is 27.2 Å². The molecule has 10 nitrogen and oxygen atoms in total. The van der Waals surface area contributed by atoms with Crippen molar-refractivity contribution in [2.24, 2.45) is 5.10 Å². The Bertz CT molecular complexity index is 1240. The molecule has 5 rings (SSSR count). The first-order chi connectivity index (χ1) is 15.5. The monoisotopic (exact) mass is 497 g/mol. The maximum absolute atomic E-state index is 12.4. The van der Waals surface area contributed by atoms with Gasteiger partial charge in [0.15, 0.2) is 11.5 Å². The SMILES string of the molecule is O=C(CN1N=C(c2nc(-c3ccc4c(c3)OCO4)no2)CCC1=O)Nc1cccc(Br)c1. The van der Waals surface area contributed by atoms with Crippen LogP contribution in [-0.4, -0.2) is 46.0 Å². The number of anilines is 1. The summed E-state index contributed by atoms with van der Waals surface area (Å²) in [6, 6.07) is 12.5. The highest BCUT2D eigenvalue weighted by atomic mass is 79.9. The van der Waals surface area contributed by atoms with Gasteiger partial charge in [-0.2, -0.15) is 10.1 Å². The Balaban J connectivity index is 1.31. The number of carbonyl (C=O) groups excluding carboxylic acids is 2. The number of aromatic nitrogens is 2. The zero-order chi connectivity index (χ0) is 22.1. The summed E-state index contributed by atoms with van der Waals surface area (Å²) in [5.74, 6) is 1.20. The van der Waals surface area contributed by atoms with Gasteiger partial charge in [0.1, 0.15) is 12.3 Å². The van der Waals surface area contributed by atoms with Crippen LogP contribution in [0.2, 0.25) is 0 Å². The van der Waals surface area contributed by atoms with Gasteiger partial charge in [0, 0.05) is 28.6 Å². The van der Waals surface area contributed by atoms with Crippen molar-refractivity contribution in [1.29, 1.82) is 0 Å². The van der Waals surface area contributed by atoms with Crippen molar-refractivity contribution < 1.29 is 23.6 Å². The van der Waals surface area contributed by atoms with Crippen molar-refractivity contribution in [2.75, 3.05) is 18.7 Å². The number of benzene rings is 2. The van der Waals surface area contributed by atoms with Gasteiger partial charge in [0.05, 0.1) is 0 Å². The van der Waals surface area contributed by atoms with E-state index in [4.69, 9.17) is 14.0 Å². The van der Waals surface area contributed by atoms with E-state index in [9.17, 15) is 9.59 Å². The van der Waals surface area contributed by atoms with Crippen molar-refractivity contribution in [3.63, 3.8) is 0 Å². The molecule has 32 heavy (non-hydrogen) atoms. The lowest BCUT2D eigenvalue weighted by atomic mass is 10.1. The fourth-order valence-corrected chi connectivity index (χ4v) is 3.67. The molecule has 0 aliphatic carbocycles. The summed E-state index contributed by atoms with van der Waals surface area (Å²) in [4.78, 5) is 29.1. The molecule has 0 atom stereocenters. The van der Waals surface area contributed by atoms with Gasteiger partial charge in [0.25, 0.3) is 5.89 Å². The van der Waals surface area contributed by atoms with Crippen LogP contribution in [0.25, 0.3) is 11.4 Å². The van der Waals surface area contributed by atoms with Crippen molar-refractivity contribution >= 4 is 39.1 Å². The van der Waals surface area contributed by atoms with Crippen molar-refractivity contribution in [3.05, 3.63) is 52.8 Å². The van der Waals surface area contributed by atoms with Crippen molar-refractivity contribution in [3.8, 4) is 22.9 Å². The predicted molar refractivity (Wildman–Crippen MR) is 116 cm³/mol. The molecule has 2 aliphatic heterocycles. The molecule has 0 fully saturated rings. The van der Waals surface area contributed by atoms with E-state index in [-0.39, 0.29) is 37.5 Å². The molecule has 3 heterocycles. The molecule has 0 unspecified atom stereocenters. The van der Waals surface area contributed by atoms with E-state index in [2.05, 4.69) is 36.5 Å². The van der Waals surface area contributed by atoms with E-state index in [0.29, 0.717) is 40.7 Å². The second-order valence-electron chi connectivity index (χ2n) is 7.05. The molecule has 2 amide bonds. The average molecular weight is 498 g/mol. The van der Waals surface area contributed by atoms with Gasteiger partial charge in [-0.3, -0.25) is 9.59 Å². The summed E-state index contributed by atoms with van der Waals surface area (Å²) in [6.45, 7) is -0.0515.